The second kappa shape index (κ2) is 12.6. The number of terminal acetylenes is 1. The largest absolute Gasteiger partial charge is 0.508 e. The number of pyridine rings is 1. The molecule has 3 aliphatic rings. The van der Waals surface area contributed by atoms with Crippen LogP contribution < -0.4 is 14.8 Å². The fraction of sp³-hybridized carbons (Fsp3) is 0.375. The first-order valence-electron chi connectivity index (χ1n) is 14.4. The van der Waals surface area contributed by atoms with Crippen molar-refractivity contribution in [3.05, 3.63) is 41.5 Å². The molecule has 3 saturated heterocycles. The van der Waals surface area contributed by atoms with Crippen molar-refractivity contribution >= 4 is 44.4 Å². The summed E-state index contributed by atoms with van der Waals surface area (Å²) in [6.45, 7) is 1.86. The third-order valence-corrected chi connectivity index (χ3v) is 9.27. The molecule has 3 unspecified atom stereocenters. The van der Waals surface area contributed by atoms with Crippen molar-refractivity contribution in [2.24, 2.45) is 0 Å². The van der Waals surface area contributed by atoms with E-state index in [-0.39, 0.29) is 61.7 Å². The number of nitrogens with zero attached hydrogens (tertiary/aromatic N) is 4. The number of ether oxygens (including phenoxy) is 2. The first-order valence-corrected chi connectivity index (χ1v) is 15.4. The third-order valence-electron chi connectivity index (χ3n) is 8.26. The lowest BCUT2D eigenvalue weighted by Gasteiger charge is -2.17. The minimum atomic E-state index is -0.902. The van der Waals surface area contributed by atoms with Crippen molar-refractivity contribution in [1.29, 1.82) is 0 Å². The Morgan fingerprint density at radius 1 is 1.13 bits per heavy atom. The maximum Gasteiger partial charge on any atom is 0.318 e. The van der Waals surface area contributed by atoms with Gasteiger partial charge in [0, 0.05) is 29.3 Å². The van der Waals surface area contributed by atoms with Crippen LogP contribution >= 0.6 is 11.8 Å². The van der Waals surface area contributed by atoms with E-state index in [1.54, 1.807) is 0 Å². The molecule has 7 rings (SSSR count). The molecular weight excluding hydrogens is 607 g/mol. The van der Waals surface area contributed by atoms with Crippen molar-refractivity contribution in [3.8, 4) is 41.2 Å². The summed E-state index contributed by atoms with van der Waals surface area (Å²) in [5.41, 5.74) is -0.548. The lowest BCUT2D eigenvalue weighted by molar-refractivity contribution is -0.111. The second-order valence-electron chi connectivity index (χ2n) is 11.0. The van der Waals surface area contributed by atoms with E-state index in [9.17, 15) is 18.7 Å². The molecule has 0 radical (unpaired) electrons. The molecule has 3 fully saturated rings. The Balaban J connectivity index is 0.000000337. The van der Waals surface area contributed by atoms with Crippen LogP contribution in [0.4, 0.5) is 19.0 Å². The molecule has 3 aliphatic heterocycles. The lowest BCUT2D eigenvalue weighted by Crippen LogP contribution is -2.24. The molecular formula is C32H30F3N5O4S. The van der Waals surface area contributed by atoms with Crippen LogP contribution in [0.25, 0.3) is 32.9 Å². The standard InChI is InChI=1S/C25H18F2N4O4S.C7H12FN/c1-4-13-15(26)6-5-11-9-12(32)10-14(17(11)13)20-19(27)21-18(23(29-20)34-2)22(31-25(30-21)35-3)28-16-7-8-36-24(16)33;8-6-4-7-2-1-3-9(7)5-6/h1,5-6,9-10,16,32H,7-8H2,2-3H3,(H,28,30,31);6-7H,1-5H2. The second-order valence-corrected chi connectivity index (χ2v) is 12.1. The zero-order chi connectivity index (χ0) is 31.8. The van der Waals surface area contributed by atoms with Gasteiger partial charge in [-0.1, -0.05) is 23.7 Å². The van der Waals surface area contributed by atoms with Gasteiger partial charge in [0.1, 0.15) is 40.2 Å². The highest BCUT2D eigenvalue weighted by atomic mass is 32.2. The predicted molar refractivity (Wildman–Crippen MR) is 166 cm³/mol. The zero-order valence-electron chi connectivity index (χ0n) is 24.6. The molecule has 0 spiro atoms. The Morgan fingerprint density at radius 3 is 2.64 bits per heavy atom. The van der Waals surface area contributed by atoms with E-state index < -0.39 is 23.8 Å². The molecule has 9 nitrogen and oxygen atoms in total. The highest BCUT2D eigenvalue weighted by molar-refractivity contribution is 8.14. The summed E-state index contributed by atoms with van der Waals surface area (Å²) >= 11 is 1.19. The Hall–Kier alpha value is -4.28. The van der Waals surface area contributed by atoms with E-state index in [4.69, 9.17) is 15.9 Å². The number of carbonyl (C=O) groups is 1. The van der Waals surface area contributed by atoms with Gasteiger partial charge in [0.2, 0.25) is 11.0 Å². The molecule has 13 heteroatoms. The van der Waals surface area contributed by atoms with Crippen molar-refractivity contribution in [2.75, 3.05) is 38.4 Å². The molecule has 5 heterocycles. The highest BCUT2D eigenvalue weighted by Gasteiger charge is 2.35. The number of halogens is 3. The molecule has 0 aliphatic carbocycles. The van der Waals surface area contributed by atoms with Crippen LogP contribution in [0.1, 0.15) is 31.2 Å². The Kier molecular flexibility index (Phi) is 8.61. The first kappa shape index (κ1) is 30.7. The number of alkyl halides is 1. The average Bonchev–Trinajstić information content (AvgIpc) is 3.74. The van der Waals surface area contributed by atoms with E-state index in [2.05, 4.69) is 31.1 Å². The number of hydrogen-bond donors (Lipinski definition) is 2. The SMILES string of the molecule is C#Cc1c(F)ccc2cc(O)cc(-c3nc(OC)c4c(NC5CCSC5=O)nc(OC)nc4c3F)c12.FC1CC2CCCN2C1. The Morgan fingerprint density at radius 2 is 1.96 bits per heavy atom. The molecule has 0 bridgehead atoms. The number of aromatic hydroxyl groups is 1. The summed E-state index contributed by atoms with van der Waals surface area (Å²) in [6, 6.07) is 5.14. The number of phenolic OH excluding ortho intramolecular Hbond substituents is 1. The van der Waals surface area contributed by atoms with Crippen LogP contribution in [0.3, 0.4) is 0 Å². The number of rotatable bonds is 5. The van der Waals surface area contributed by atoms with Crippen LogP contribution in [0.5, 0.6) is 17.6 Å². The van der Waals surface area contributed by atoms with Crippen LogP contribution in [-0.2, 0) is 4.79 Å². The molecule has 4 aromatic rings. The predicted octanol–water partition coefficient (Wildman–Crippen LogP) is 5.46. The van der Waals surface area contributed by atoms with Gasteiger partial charge in [-0.15, -0.1) is 6.42 Å². The van der Waals surface area contributed by atoms with Gasteiger partial charge in [-0.3, -0.25) is 9.69 Å². The fourth-order valence-electron chi connectivity index (χ4n) is 6.21. The first-order chi connectivity index (χ1) is 21.7. The fourth-order valence-corrected chi connectivity index (χ4v) is 7.15. The number of benzene rings is 2. The number of anilines is 1. The van der Waals surface area contributed by atoms with Gasteiger partial charge in [-0.25, -0.2) is 18.2 Å². The molecule has 2 N–H and O–H groups in total. The molecule has 234 valence electrons. The molecule has 0 amide bonds. The monoisotopic (exact) mass is 637 g/mol. The number of fused-ring (bicyclic) bond motifs is 3. The van der Waals surface area contributed by atoms with E-state index in [1.165, 1.54) is 63.1 Å². The van der Waals surface area contributed by atoms with Gasteiger partial charge in [0.05, 0.1) is 25.8 Å². The highest BCUT2D eigenvalue weighted by Crippen LogP contribution is 2.41. The Bertz CT molecular complexity index is 1840. The van der Waals surface area contributed by atoms with Crippen LogP contribution in [0.2, 0.25) is 0 Å². The van der Waals surface area contributed by atoms with E-state index in [0.717, 1.165) is 13.0 Å². The van der Waals surface area contributed by atoms with Gasteiger partial charge < -0.3 is 19.9 Å². The average molecular weight is 638 g/mol. The van der Waals surface area contributed by atoms with E-state index in [0.29, 0.717) is 30.1 Å². The quantitative estimate of drug-likeness (QED) is 0.274. The number of thioether (sulfide) groups is 1. The minimum Gasteiger partial charge on any atom is -0.508 e. The third kappa shape index (κ3) is 5.80. The molecule has 3 atom stereocenters. The number of phenols is 1. The number of nitrogens with one attached hydrogen (secondary N) is 1. The van der Waals surface area contributed by atoms with Crippen LogP contribution in [-0.4, -0.2) is 81.4 Å². The summed E-state index contributed by atoms with van der Waals surface area (Å²) in [6.07, 6.45) is 8.94. The minimum absolute atomic E-state index is 0.0459. The molecule has 45 heavy (non-hydrogen) atoms. The van der Waals surface area contributed by atoms with Gasteiger partial charge in [-0.05, 0) is 55.8 Å². The summed E-state index contributed by atoms with van der Waals surface area (Å²) in [5, 5.41) is 14.0. The molecule has 2 aromatic heterocycles. The maximum absolute atomic E-state index is 16.2. The van der Waals surface area contributed by atoms with Gasteiger partial charge >= 0.3 is 6.01 Å². The van der Waals surface area contributed by atoms with Crippen LogP contribution in [0, 0.1) is 24.0 Å². The van der Waals surface area contributed by atoms with Gasteiger partial charge in [0.15, 0.2) is 5.82 Å². The maximum atomic E-state index is 16.2. The summed E-state index contributed by atoms with van der Waals surface area (Å²) in [5.74, 6) is 1.21. The van der Waals surface area contributed by atoms with Crippen LogP contribution in [0.15, 0.2) is 24.3 Å². The topological polar surface area (TPSA) is 110 Å². The van der Waals surface area contributed by atoms with E-state index >= 15 is 4.39 Å². The normalized spacial score (nSPS) is 21.0. The zero-order valence-corrected chi connectivity index (χ0v) is 25.4. The summed E-state index contributed by atoms with van der Waals surface area (Å²) in [4.78, 5) is 27.3. The number of aromatic nitrogens is 3. The number of carbonyl (C=O) groups excluding carboxylic acids is 1. The Labute approximate surface area is 261 Å². The number of methoxy groups -OCH3 is 2. The van der Waals surface area contributed by atoms with Gasteiger partial charge in [-0.2, -0.15) is 9.97 Å². The molecule has 2 aromatic carbocycles. The summed E-state index contributed by atoms with van der Waals surface area (Å²) < 4.78 is 54.0. The van der Waals surface area contributed by atoms with Crippen molar-refractivity contribution in [1.82, 2.24) is 19.9 Å². The summed E-state index contributed by atoms with van der Waals surface area (Å²) in [7, 11) is 2.66. The lowest BCUT2D eigenvalue weighted by atomic mass is 9.95. The van der Waals surface area contributed by atoms with E-state index in [1.807, 2.05) is 0 Å². The van der Waals surface area contributed by atoms with Crippen molar-refractivity contribution in [3.63, 3.8) is 0 Å². The van der Waals surface area contributed by atoms with Crippen molar-refractivity contribution < 1.29 is 32.5 Å². The molecule has 0 saturated carbocycles. The number of hydrogen-bond acceptors (Lipinski definition) is 10. The van der Waals surface area contributed by atoms with Crippen molar-refractivity contribution in [2.45, 2.75) is 43.9 Å². The van der Waals surface area contributed by atoms with Gasteiger partial charge in [0.25, 0.3) is 0 Å². The smallest absolute Gasteiger partial charge is 0.318 e.